The fraction of sp³-hybridized carbons (Fsp3) is 0.500. The van der Waals surface area contributed by atoms with E-state index in [9.17, 15) is 9.90 Å². The maximum atomic E-state index is 12.2. The summed E-state index contributed by atoms with van der Waals surface area (Å²) in [7, 11) is 1.58. The molecule has 0 saturated carbocycles. The number of aliphatic hydroxyl groups is 1. The summed E-state index contributed by atoms with van der Waals surface area (Å²) in [6.07, 6.45) is 0.464. The van der Waals surface area contributed by atoms with E-state index in [0.717, 1.165) is 10.9 Å². The van der Waals surface area contributed by atoms with Crippen molar-refractivity contribution in [2.75, 3.05) is 25.5 Å². The molecule has 1 aromatic rings. The Hall–Kier alpha value is -1.27. The van der Waals surface area contributed by atoms with Crippen molar-refractivity contribution in [2.45, 2.75) is 19.4 Å². The zero-order chi connectivity index (χ0) is 14.7. The largest absolute Gasteiger partial charge is 0.497 e. The molecule has 5 nitrogen and oxygen atoms in total. The molecule has 0 unspecified atom stereocenters. The summed E-state index contributed by atoms with van der Waals surface area (Å²) in [5.41, 5.74) is 0.682. The normalized spacial score (nSPS) is 19.8. The monoisotopic (exact) mass is 342 g/mol. The Balaban J connectivity index is 2.00. The molecule has 0 aliphatic carbocycles. The van der Waals surface area contributed by atoms with Crippen LogP contribution in [0.15, 0.2) is 22.7 Å². The third-order valence-corrected chi connectivity index (χ3v) is 4.01. The molecular formula is C14H19BrN2O3. The number of nitrogens with zero attached hydrogens (tertiary/aromatic N) is 1. The molecule has 6 heteroatoms. The van der Waals surface area contributed by atoms with Crippen molar-refractivity contribution in [2.24, 2.45) is 5.92 Å². The highest BCUT2D eigenvalue weighted by atomic mass is 79.9. The second-order valence-electron chi connectivity index (χ2n) is 5.05. The number of nitrogens with one attached hydrogen (secondary N) is 1. The number of ether oxygens (including phenoxy) is 1. The fourth-order valence-corrected chi connectivity index (χ4v) is 2.79. The molecule has 2 N–H and O–H groups in total. The topological polar surface area (TPSA) is 61.8 Å². The highest BCUT2D eigenvalue weighted by Crippen LogP contribution is 2.26. The van der Waals surface area contributed by atoms with Crippen LogP contribution in [0.5, 0.6) is 5.75 Å². The van der Waals surface area contributed by atoms with Gasteiger partial charge in [-0.2, -0.15) is 0 Å². The summed E-state index contributed by atoms with van der Waals surface area (Å²) in [6, 6.07) is 5.27. The highest BCUT2D eigenvalue weighted by Gasteiger charge is 2.29. The van der Waals surface area contributed by atoms with E-state index in [1.165, 1.54) is 0 Å². The van der Waals surface area contributed by atoms with Gasteiger partial charge in [-0.1, -0.05) is 15.9 Å². The van der Waals surface area contributed by atoms with Crippen LogP contribution in [0.2, 0.25) is 0 Å². The molecule has 1 aliphatic heterocycles. The quantitative estimate of drug-likeness (QED) is 0.887. The van der Waals surface area contributed by atoms with Crippen molar-refractivity contribution in [3.05, 3.63) is 22.7 Å². The predicted octanol–water partition coefficient (Wildman–Crippen LogP) is 2.69. The number of rotatable bonds is 3. The van der Waals surface area contributed by atoms with Crippen LogP contribution in [0.4, 0.5) is 10.5 Å². The molecule has 0 aromatic heterocycles. The van der Waals surface area contributed by atoms with Gasteiger partial charge in [0.25, 0.3) is 0 Å². The lowest BCUT2D eigenvalue weighted by atomic mass is 10.0. The minimum absolute atomic E-state index is 0.145. The van der Waals surface area contributed by atoms with Crippen LogP contribution >= 0.6 is 15.9 Å². The number of urea groups is 1. The zero-order valence-electron chi connectivity index (χ0n) is 11.6. The van der Waals surface area contributed by atoms with E-state index in [4.69, 9.17) is 4.74 Å². The second-order valence-corrected chi connectivity index (χ2v) is 5.96. The summed E-state index contributed by atoms with van der Waals surface area (Å²) in [4.78, 5) is 13.9. The average molecular weight is 343 g/mol. The molecule has 2 atom stereocenters. The van der Waals surface area contributed by atoms with Gasteiger partial charge in [0.2, 0.25) is 0 Å². The summed E-state index contributed by atoms with van der Waals surface area (Å²) in [5, 5.41) is 12.4. The van der Waals surface area contributed by atoms with Gasteiger partial charge < -0.3 is 20.1 Å². The van der Waals surface area contributed by atoms with Crippen LogP contribution in [0.1, 0.15) is 13.3 Å². The van der Waals surface area contributed by atoms with Crippen LogP contribution in [0.25, 0.3) is 0 Å². The third kappa shape index (κ3) is 3.64. The van der Waals surface area contributed by atoms with Crippen molar-refractivity contribution < 1.29 is 14.6 Å². The maximum Gasteiger partial charge on any atom is 0.321 e. The van der Waals surface area contributed by atoms with Crippen molar-refractivity contribution in [3.8, 4) is 5.75 Å². The molecule has 110 valence electrons. The minimum Gasteiger partial charge on any atom is -0.497 e. The van der Waals surface area contributed by atoms with E-state index in [0.29, 0.717) is 24.5 Å². The SMILES string of the molecule is COc1cc(Br)cc(NC(=O)N2CC[C@@H]([C@@H](C)O)C2)c1. The molecule has 1 aliphatic rings. The number of benzene rings is 1. The number of carbonyl (C=O) groups is 1. The number of methoxy groups -OCH3 is 1. The molecule has 20 heavy (non-hydrogen) atoms. The first-order chi connectivity index (χ1) is 9.49. The first-order valence-corrected chi connectivity index (χ1v) is 7.37. The summed E-state index contributed by atoms with van der Waals surface area (Å²) in [6.45, 7) is 3.03. The van der Waals surface area contributed by atoms with Gasteiger partial charge in [-0.15, -0.1) is 0 Å². The van der Waals surface area contributed by atoms with Gasteiger partial charge in [-0.25, -0.2) is 4.79 Å². The maximum absolute atomic E-state index is 12.2. The Kier molecular flexibility index (Phi) is 4.88. The number of aliphatic hydroxyl groups excluding tert-OH is 1. The number of carbonyl (C=O) groups excluding carboxylic acids is 1. The summed E-state index contributed by atoms with van der Waals surface area (Å²) in [5.74, 6) is 0.843. The van der Waals surface area contributed by atoms with Crippen LogP contribution < -0.4 is 10.1 Å². The first-order valence-electron chi connectivity index (χ1n) is 6.58. The standard InChI is InChI=1S/C14H19BrN2O3/c1-9(18)10-3-4-17(8-10)14(19)16-12-5-11(15)6-13(7-12)20-2/h5-7,9-10,18H,3-4,8H2,1-2H3,(H,16,19)/t9-,10-/m1/s1. The Morgan fingerprint density at radius 2 is 2.30 bits per heavy atom. The molecule has 1 heterocycles. The molecule has 1 aromatic carbocycles. The molecule has 0 bridgehead atoms. The number of hydrogen-bond donors (Lipinski definition) is 2. The Bertz CT molecular complexity index is 493. The van der Waals surface area contributed by atoms with Crippen molar-refractivity contribution in [1.29, 1.82) is 0 Å². The van der Waals surface area contributed by atoms with E-state index in [1.807, 2.05) is 12.1 Å². The van der Waals surface area contributed by atoms with Gasteiger partial charge in [0.05, 0.1) is 13.2 Å². The molecular weight excluding hydrogens is 324 g/mol. The van der Waals surface area contributed by atoms with Crippen LogP contribution in [0, 0.1) is 5.92 Å². The van der Waals surface area contributed by atoms with Crippen LogP contribution in [-0.4, -0.2) is 42.3 Å². The lowest BCUT2D eigenvalue weighted by Gasteiger charge is -2.18. The van der Waals surface area contributed by atoms with E-state index in [-0.39, 0.29) is 18.1 Å². The van der Waals surface area contributed by atoms with Gasteiger partial charge in [-0.3, -0.25) is 0 Å². The Morgan fingerprint density at radius 3 is 2.90 bits per heavy atom. The van der Waals surface area contributed by atoms with Gasteiger partial charge in [0.1, 0.15) is 5.75 Å². The molecule has 1 saturated heterocycles. The van der Waals surface area contributed by atoms with E-state index in [2.05, 4.69) is 21.2 Å². The summed E-state index contributed by atoms with van der Waals surface area (Å²) < 4.78 is 6.01. The first kappa shape index (κ1) is 15.1. The van der Waals surface area contributed by atoms with Gasteiger partial charge in [-0.05, 0) is 25.5 Å². The molecule has 2 amide bonds. The molecule has 2 rings (SSSR count). The van der Waals surface area contributed by atoms with Gasteiger partial charge in [0.15, 0.2) is 0 Å². The highest BCUT2D eigenvalue weighted by molar-refractivity contribution is 9.10. The van der Waals surface area contributed by atoms with E-state index < -0.39 is 0 Å². The smallest absolute Gasteiger partial charge is 0.321 e. The van der Waals surface area contributed by atoms with Gasteiger partial charge in [0, 0.05) is 35.2 Å². The lowest BCUT2D eigenvalue weighted by Crippen LogP contribution is -2.34. The number of halogens is 1. The molecule has 0 spiro atoms. The van der Waals surface area contributed by atoms with Gasteiger partial charge >= 0.3 is 6.03 Å². The Morgan fingerprint density at radius 1 is 1.55 bits per heavy atom. The predicted molar refractivity (Wildman–Crippen MR) is 81.1 cm³/mol. The molecule has 1 fully saturated rings. The average Bonchev–Trinajstić information content (AvgIpc) is 2.87. The summed E-state index contributed by atoms with van der Waals surface area (Å²) >= 11 is 3.38. The number of amides is 2. The number of hydrogen-bond acceptors (Lipinski definition) is 3. The van der Waals surface area contributed by atoms with Crippen LogP contribution in [-0.2, 0) is 0 Å². The lowest BCUT2D eigenvalue weighted by molar-refractivity contribution is 0.130. The number of likely N-dealkylation sites (tertiary alicyclic amines) is 1. The van der Waals surface area contributed by atoms with Crippen molar-refractivity contribution >= 4 is 27.6 Å². The van der Waals surface area contributed by atoms with Crippen molar-refractivity contribution in [1.82, 2.24) is 4.90 Å². The van der Waals surface area contributed by atoms with Crippen LogP contribution in [0.3, 0.4) is 0 Å². The second kappa shape index (κ2) is 6.45. The zero-order valence-corrected chi connectivity index (χ0v) is 13.2. The third-order valence-electron chi connectivity index (χ3n) is 3.55. The minimum atomic E-state index is -0.376. The number of anilines is 1. The Labute approximate surface area is 127 Å². The van der Waals surface area contributed by atoms with Crippen molar-refractivity contribution in [3.63, 3.8) is 0 Å². The fourth-order valence-electron chi connectivity index (χ4n) is 2.32. The van der Waals surface area contributed by atoms with E-state index in [1.54, 1.807) is 25.0 Å². The van der Waals surface area contributed by atoms with E-state index >= 15 is 0 Å². The molecule has 0 radical (unpaired) electrons.